The number of para-hydroxylation sites is 1. The van der Waals surface area contributed by atoms with E-state index in [4.69, 9.17) is 0 Å². The number of nitrogens with one attached hydrogen (secondary N) is 1. The SMILES string of the molecule is O=[N+]([O-])c1c(F)cccc1S(=O)(=O)NC1CC=CCC1. The number of sulfonamides is 1. The Morgan fingerprint density at radius 2 is 2.10 bits per heavy atom. The maximum Gasteiger partial charge on any atom is 0.324 e. The average molecular weight is 300 g/mol. The van der Waals surface area contributed by atoms with Crippen LogP contribution < -0.4 is 4.72 Å². The Morgan fingerprint density at radius 1 is 1.35 bits per heavy atom. The van der Waals surface area contributed by atoms with Gasteiger partial charge < -0.3 is 0 Å². The molecule has 0 saturated heterocycles. The number of nitrogens with zero attached hydrogens (tertiary/aromatic N) is 1. The maximum absolute atomic E-state index is 13.5. The van der Waals surface area contributed by atoms with Gasteiger partial charge in [0.2, 0.25) is 15.8 Å². The lowest BCUT2D eigenvalue weighted by atomic mass is 10.0. The molecule has 0 saturated carbocycles. The quantitative estimate of drug-likeness (QED) is 0.524. The van der Waals surface area contributed by atoms with E-state index in [-0.39, 0.29) is 6.04 Å². The van der Waals surface area contributed by atoms with Gasteiger partial charge >= 0.3 is 5.69 Å². The molecule has 2 rings (SSSR count). The number of hydrogen-bond donors (Lipinski definition) is 1. The zero-order chi connectivity index (χ0) is 14.8. The minimum Gasteiger partial charge on any atom is -0.258 e. The van der Waals surface area contributed by atoms with Crippen LogP contribution in [0.25, 0.3) is 0 Å². The van der Waals surface area contributed by atoms with Crippen molar-refractivity contribution >= 4 is 15.7 Å². The smallest absolute Gasteiger partial charge is 0.258 e. The Hall–Kier alpha value is -1.80. The van der Waals surface area contributed by atoms with Crippen LogP contribution in [0, 0.1) is 15.9 Å². The fourth-order valence-electron chi connectivity index (χ4n) is 2.07. The molecule has 20 heavy (non-hydrogen) atoms. The zero-order valence-corrected chi connectivity index (χ0v) is 11.3. The lowest BCUT2D eigenvalue weighted by Gasteiger charge is -2.19. The Balaban J connectivity index is 2.36. The van der Waals surface area contributed by atoms with E-state index in [9.17, 15) is 22.9 Å². The summed E-state index contributed by atoms with van der Waals surface area (Å²) in [7, 11) is -4.12. The first kappa shape index (κ1) is 14.6. The monoisotopic (exact) mass is 300 g/mol. The summed E-state index contributed by atoms with van der Waals surface area (Å²) in [6.07, 6.45) is 5.64. The Labute approximate surface area is 115 Å². The fourth-order valence-corrected chi connectivity index (χ4v) is 3.54. The van der Waals surface area contributed by atoms with Gasteiger partial charge in [-0.2, -0.15) is 4.39 Å². The second-order valence-corrected chi connectivity index (χ2v) is 6.13. The molecule has 8 heteroatoms. The third-order valence-corrected chi connectivity index (χ3v) is 4.56. The Kier molecular flexibility index (Phi) is 4.15. The van der Waals surface area contributed by atoms with Crippen molar-refractivity contribution in [3.63, 3.8) is 0 Å². The number of allylic oxidation sites excluding steroid dienone is 1. The molecule has 108 valence electrons. The predicted octanol–water partition coefficient (Wildman–Crippen LogP) is 2.12. The van der Waals surface area contributed by atoms with Gasteiger partial charge in [-0.15, -0.1) is 0 Å². The third-order valence-electron chi connectivity index (χ3n) is 3.01. The first-order valence-electron chi connectivity index (χ1n) is 6.02. The van der Waals surface area contributed by atoms with Crippen molar-refractivity contribution in [2.75, 3.05) is 0 Å². The zero-order valence-electron chi connectivity index (χ0n) is 10.5. The van der Waals surface area contributed by atoms with Crippen molar-refractivity contribution in [1.82, 2.24) is 4.72 Å². The van der Waals surface area contributed by atoms with E-state index in [1.807, 2.05) is 12.2 Å². The van der Waals surface area contributed by atoms with Gasteiger partial charge in [-0.25, -0.2) is 13.1 Å². The van der Waals surface area contributed by atoms with Crippen LogP contribution in [-0.4, -0.2) is 19.4 Å². The molecule has 1 aromatic rings. The summed E-state index contributed by atoms with van der Waals surface area (Å²) in [4.78, 5) is 9.18. The van der Waals surface area contributed by atoms with E-state index in [1.165, 1.54) is 0 Å². The summed E-state index contributed by atoms with van der Waals surface area (Å²) in [5, 5.41) is 10.8. The highest BCUT2D eigenvalue weighted by Crippen LogP contribution is 2.27. The van der Waals surface area contributed by atoms with Gasteiger partial charge in [-0.3, -0.25) is 10.1 Å². The largest absolute Gasteiger partial charge is 0.324 e. The van der Waals surface area contributed by atoms with Gasteiger partial charge in [-0.1, -0.05) is 18.2 Å². The molecule has 0 aliphatic heterocycles. The molecule has 1 aromatic carbocycles. The molecule has 0 amide bonds. The van der Waals surface area contributed by atoms with E-state index in [1.54, 1.807) is 0 Å². The van der Waals surface area contributed by atoms with Gasteiger partial charge in [0.25, 0.3) is 0 Å². The highest BCUT2D eigenvalue weighted by molar-refractivity contribution is 7.89. The van der Waals surface area contributed by atoms with Crippen LogP contribution >= 0.6 is 0 Å². The van der Waals surface area contributed by atoms with Crippen LogP contribution in [0.5, 0.6) is 0 Å². The molecule has 6 nitrogen and oxygen atoms in total. The van der Waals surface area contributed by atoms with Crippen molar-refractivity contribution < 1.29 is 17.7 Å². The number of nitro groups is 1. The summed E-state index contributed by atoms with van der Waals surface area (Å²) >= 11 is 0. The third kappa shape index (κ3) is 3.02. The molecule has 0 fully saturated rings. The van der Waals surface area contributed by atoms with Crippen LogP contribution in [0.1, 0.15) is 19.3 Å². The van der Waals surface area contributed by atoms with Gasteiger partial charge in [0, 0.05) is 6.04 Å². The van der Waals surface area contributed by atoms with Crippen LogP contribution in [0.15, 0.2) is 35.2 Å². The summed E-state index contributed by atoms with van der Waals surface area (Å²) in [5.74, 6) is -1.17. The number of halogens is 1. The molecule has 1 unspecified atom stereocenters. The second-order valence-electron chi connectivity index (χ2n) is 4.45. The summed E-state index contributed by atoms with van der Waals surface area (Å²) < 4.78 is 40.2. The van der Waals surface area contributed by atoms with E-state index >= 15 is 0 Å². The van der Waals surface area contributed by atoms with Crippen molar-refractivity contribution in [1.29, 1.82) is 0 Å². The molecule has 1 aliphatic carbocycles. The Bertz CT molecular complexity index is 657. The molecular weight excluding hydrogens is 287 g/mol. The number of rotatable bonds is 4. The molecule has 0 spiro atoms. The second kappa shape index (κ2) is 5.68. The number of hydrogen-bond acceptors (Lipinski definition) is 4. The fraction of sp³-hybridized carbons (Fsp3) is 0.333. The molecular formula is C12H13FN2O4S. The first-order valence-corrected chi connectivity index (χ1v) is 7.50. The lowest BCUT2D eigenvalue weighted by Crippen LogP contribution is -2.35. The molecule has 0 heterocycles. The lowest BCUT2D eigenvalue weighted by molar-refractivity contribution is -0.390. The Morgan fingerprint density at radius 3 is 2.70 bits per heavy atom. The van der Waals surface area contributed by atoms with E-state index in [0.29, 0.717) is 12.8 Å². The van der Waals surface area contributed by atoms with Gasteiger partial charge in [0.15, 0.2) is 4.90 Å². The standard InChI is InChI=1S/C12H13FN2O4S/c13-10-7-4-8-11(12(10)15(16)17)20(18,19)14-9-5-2-1-3-6-9/h1-2,4,7-9,14H,3,5-6H2. The predicted molar refractivity (Wildman–Crippen MR) is 70.2 cm³/mol. The van der Waals surface area contributed by atoms with Crippen molar-refractivity contribution in [3.05, 3.63) is 46.3 Å². The number of nitro benzene ring substituents is 1. The summed E-state index contributed by atoms with van der Waals surface area (Å²) in [5.41, 5.74) is -1.02. The summed E-state index contributed by atoms with van der Waals surface area (Å²) in [6.45, 7) is 0. The van der Waals surface area contributed by atoms with Gasteiger partial charge in [0.05, 0.1) is 4.92 Å². The van der Waals surface area contributed by atoms with Crippen LogP contribution in [0.4, 0.5) is 10.1 Å². The molecule has 1 N–H and O–H groups in total. The van der Waals surface area contributed by atoms with Crippen molar-refractivity contribution in [3.8, 4) is 0 Å². The molecule has 1 atom stereocenters. The van der Waals surface area contributed by atoms with Crippen molar-refractivity contribution in [2.45, 2.75) is 30.2 Å². The maximum atomic E-state index is 13.5. The average Bonchev–Trinajstić information content (AvgIpc) is 2.38. The summed E-state index contributed by atoms with van der Waals surface area (Å²) in [6, 6.07) is 2.70. The topological polar surface area (TPSA) is 89.3 Å². The number of benzene rings is 1. The molecule has 0 aromatic heterocycles. The molecule has 0 bridgehead atoms. The van der Waals surface area contributed by atoms with Gasteiger partial charge in [0.1, 0.15) is 0 Å². The van der Waals surface area contributed by atoms with Gasteiger partial charge in [-0.05, 0) is 31.4 Å². The van der Waals surface area contributed by atoms with E-state index < -0.39 is 31.3 Å². The normalized spacial score (nSPS) is 18.9. The highest BCUT2D eigenvalue weighted by atomic mass is 32.2. The van der Waals surface area contributed by atoms with Crippen molar-refractivity contribution in [2.24, 2.45) is 0 Å². The van der Waals surface area contributed by atoms with Crippen LogP contribution in [-0.2, 0) is 10.0 Å². The van der Waals surface area contributed by atoms with Crippen LogP contribution in [0.2, 0.25) is 0 Å². The minimum atomic E-state index is -4.12. The molecule has 1 aliphatic rings. The minimum absolute atomic E-state index is 0.326. The van der Waals surface area contributed by atoms with Crippen LogP contribution in [0.3, 0.4) is 0 Å². The van der Waals surface area contributed by atoms with E-state index in [0.717, 1.165) is 24.6 Å². The van der Waals surface area contributed by atoms with E-state index in [2.05, 4.69) is 4.72 Å². The first-order chi connectivity index (χ1) is 9.42. The molecule has 0 radical (unpaired) electrons. The highest BCUT2D eigenvalue weighted by Gasteiger charge is 2.30.